The zero-order valence-electron chi connectivity index (χ0n) is 13.3. The second-order valence-corrected chi connectivity index (χ2v) is 6.29. The zero-order chi connectivity index (χ0) is 17.6. The summed E-state index contributed by atoms with van der Waals surface area (Å²) in [5, 5.41) is 5.18. The average Bonchev–Trinajstić information content (AvgIpc) is 2.45. The Morgan fingerprint density at radius 1 is 1.30 bits per heavy atom. The molecule has 0 aliphatic heterocycles. The third-order valence-corrected chi connectivity index (χ3v) is 3.94. The topological polar surface area (TPSA) is 114 Å². The number of nitrogens with zero attached hydrogens (tertiary/aromatic N) is 1. The van der Waals surface area contributed by atoms with E-state index in [9.17, 15) is 14.4 Å². The molecule has 1 aromatic heterocycles. The van der Waals surface area contributed by atoms with Crippen LogP contribution >= 0.6 is 15.9 Å². The van der Waals surface area contributed by atoms with Crippen LogP contribution in [0.2, 0.25) is 0 Å². The van der Waals surface area contributed by atoms with E-state index in [-0.39, 0.29) is 18.2 Å². The quantitative estimate of drug-likeness (QED) is 0.594. The lowest BCUT2D eigenvalue weighted by atomic mass is 10.0. The smallest absolute Gasteiger partial charge is 0.243 e. The van der Waals surface area contributed by atoms with Crippen LogP contribution in [0.15, 0.2) is 22.9 Å². The number of halogens is 1. The van der Waals surface area contributed by atoms with Gasteiger partial charge in [-0.1, -0.05) is 19.9 Å². The third-order valence-electron chi connectivity index (χ3n) is 3.23. The number of primary amides is 1. The van der Waals surface area contributed by atoms with Crippen LogP contribution in [-0.2, 0) is 20.8 Å². The minimum atomic E-state index is -0.891. The van der Waals surface area contributed by atoms with Crippen molar-refractivity contribution in [2.24, 2.45) is 11.7 Å². The zero-order valence-corrected chi connectivity index (χ0v) is 14.9. The molecule has 0 aliphatic rings. The Morgan fingerprint density at radius 2 is 1.96 bits per heavy atom. The highest BCUT2D eigenvalue weighted by Gasteiger charge is 2.27. The fraction of sp³-hybridized carbons (Fsp3) is 0.467. The van der Waals surface area contributed by atoms with Gasteiger partial charge in [0.1, 0.15) is 16.7 Å². The summed E-state index contributed by atoms with van der Waals surface area (Å²) in [7, 11) is 0. The highest BCUT2D eigenvalue weighted by molar-refractivity contribution is 9.10. The normalized spacial score (nSPS) is 13.3. The Hall–Kier alpha value is -1.96. The second kappa shape index (κ2) is 8.61. The number of carbonyl (C=O) groups is 3. The Bertz CT molecular complexity index is 592. The van der Waals surface area contributed by atoms with Crippen LogP contribution in [-0.4, -0.2) is 34.8 Å². The molecule has 0 saturated heterocycles. The monoisotopic (exact) mass is 384 g/mol. The Morgan fingerprint density at radius 3 is 2.43 bits per heavy atom. The van der Waals surface area contributed by atoms with Gasteiger partial charge in [0.15, 0.2) is 0 Å². The van der Waals surface area contributed by atoms with Crippen molar-refractivity contribution in [3.8, 4) is 0 Å². The van der Waals surface area contributed by atoms with E-state index in [4.69, 9.17) is 5.73 Å². The summed E-state index contributed by atoms with van der Waals surface area (Å²) in [5.41, 5.74) is 6.13. The standard InChI is InChI=1S/C15H21BrN4O3/c1-8(2)12(19-9(3)21)15(23)20-11(14(17)22)7-10-5-4-6-18-13(10)16/h4-6,8,11-12H,7H2,1-3H3,(H2,17,22)(H,19,21)(H,20,23)/t11-,12-/m1/s1. The number of rotatable bonds is 7. The van der Waals surface area contributed by atoms with Crippen LogP contribution in [0.1, 0.15) is 26.3 Å². The molecule has 7 nitrogen and oxygen atoms in total. The predicted molar refractivity (Wildman–Crippen MR) is 89.2 cm³/mol. The minimum absolute atomic E-state index is 0.127. The fourth-order valence-corrected chi connectivity index (χ4v) is 2.44. The van der Waals surface area contributed by atoms with E-state index < -0.39 is 23.9 Å². The predicted octanol–water partition coefficient (Wildman–Crippen LogP) is 0.517. The highest BCUT2D eigenvalue weighted by atomic mass is 79.9. The van der Waals surface area contributed by atoms with E-state index in [1.165, 1.54) is 6.92 Å². The SMILES string of the molecule is CC(=O)N[C@@H](C(=O)N[C@H](Cc1cccnc1Br)C(N)=O)C(C)C. The maximum Gasteiger partial charge on any atom is 0.243 e. The molecule has 2 atom stereocenters. The summed E-state index contributed by atoms with van der Waals surface area (Å²) in [5.74, 6) is -1.54. The van der Waals surface area contributed by atoms with Gasteiger partial charge < -0.3 is 16.4 Å². The maximum absolute atomic E-state index is 12.3. The molecule has 4 N–H and O–H groups in total. The average molecular weight is 385 g/mol. The molecule has 8 heteroatoms. The van der Waals surface area contributed by atoms with Gasteiger partial charge in [0.2, 0.25) is 17.7 Å². The lowest BCUT2D eigenvalue weighted by Gasteiger charge is -2.24. The summed E-state index contributed by atoms with van der Waals surface area (Å²) in [6.45, 7) is 4.94. The van der Waals surface area contributed by atoms with Crippen LogP contribution in [0.3, 0.4) is 0 Å². The van der Waals surface area contributed by atoms with E-state index in [0.29, 0.717) is 4.60 Å². The fourth-order valence-electron chi connectivity index (χ4n) is 2.03. The number of hydrogen-bond acceptors (Lipinski definition) is 4. The summed E-state index contributed by atoms with van der Waals surface area (Å²) in [6, 6.07) is 1.89. The van der Waals surface area contributed by atoms with Gasteiger partial charge in [-0.3, -0.25) is 14.4 Å². The first-order valence-electron chi connectivity index (χ1n) is 7.18. The first-order chi connectivity index (χ1) is 10.7. The molecule has 0 fully saturated rings. The van der Waals surface area contributed by atoms with Crippen LogP contribution < -0.4 is 16.4 Å². The maximum atomic E-state index is 12.3. The lowest BCUT2D eigenvalue weighted by molar-refractivity contribution is -0.131. The number of nitrogens with two attached hydrogens (primary N) is 1. The van der Waals surface area contributed by atoms with Gasteiger partial charge in [-0.25, -0.2) is 4.98 Å². The van der Waals surface area contributed by atoms with Gasteiger partial charge in [-0.2, -0.15) is 0 Å². The molecule has 0 saturated carbocycles. The van der Waals surface area contributed by atoms with Crippen molar-refractivity contribution in [2.75, 3.05) is 0 Å². The molecule has 3 amide bonds. The van der Waals surface area contributed by atoms with Crippen molar-refractivity contribution >= 4 is 33.7 Å². The van der Waals surface area contributed by atoms with Crippen molar-refractivity contribution in [1.82, 2.24) is 15.6 Å². The summed E-state index contributed by atoms with van der Waals surface area (Å²) in [4.78, 5) is 39.3. The molecular formula is C15H21BrN4O3. The van der Waals surface area contributed by atoms with Crippen molar-refractivity contribution in [1.29, 1.82) is 0 Å². The second-order valence-electron chi connectivity index (χ2n) is 5.54. The molecule has 1 heterocycles. The van der Waals surface area contributed by atoms with Crippen molar-refractivity contribution in [3.05, 3.63) is 28.5 Å². The highest BCUT2D eigenvalue weighted by Crippen LogP contribution is 2.15. The molecule has 0 spiro atoms. The Balaban J connectivity index is 2.86. The van der Waals surface area contributed by atoms with Crippen LogP contribution in [0, 0.1) is 5.92 Å². The van der Waals surface area contributed by atoms with Crippen LogP contribution in [0.5, 0.6) is 0 Å². The van der Waals surface area contributed by atoms with Gasteiger partial charge in [0, 0.05) is 19.5 Å². The van der Waals surface area contributed by atoms with Crippen molar-refractivity contribution < 1.29 is 14.4 Å². The largest absolute Gasteiger partial charge is 0.368 e. The molecule has 126 valence electrons. The third kappa shape index (κ3) is 5.97. The first-order valence-corrected chi connectivity index (χ1v) is 7.97. The van der Waals surface area contributed by atoms with Crippen LogP contribution in [0.25, 0.3) is 0 Å². The molecule has 0 unspecified atom stereocenters. The van der Waals surface area contributed by atoms with E-state index in [1.807, 2.05) is 0 Å². The van der Waals surface area contributed by atoms with Gasteiger partial charge in [-0.05, 0) is 33.5 Å². The van der Waals surface area contributed by atoms with E-state index in [2.05, 4.69) is 31.5 Å². The van der Waals surface area contributed by atoms with Gasteiger partial charge in [-0.15, -0.1) is 0 Å². The molecule has 0 radical (unpaired) electrons. The summed E-state index contributed by atoms with van der Waals surface area (Å²) >= 11 is 3.29. The minimum Gasteiger partial charge on any atom is -0.368 e. The molecular weight excluding hydrogens is 364 g/mol. The molecule has 0 bridgehead atoms. The number of carbonyl (C=O) groups excluding carboxylic acids is 3. The van der Waals surface area contributed by atoms with Gasteiger partial charge in [0.05, 0.1) is 0 Å². The summed E-state index contributed by atoms with van der Waals surface area (Å²) in [6.07, 6.45) is 1.82. The number of hydrogen-bond donors (Lipinski definition) is 3. The molecule has 0 aromatic carbocycles. The van der Waals surface area contributed by atoms with Gasteiger partial charge in [0.25, 0.3) is 0 Å². The molecule has 0 aliphatic carbocycles. The Labute approximate surface area is 143 Å². The lowest BCUT2D eigenvalue weighted by Crippen LogP contribution is -2.55. The number of aromatic nitrogens is 1. The number of nitrogens with one attached hydrogen (secondary N) is 2. The Kier molecular flexibility index (Phi) is 7.15. The van der Waals surface area contributed by atoms with Crippen molar-refractivity contribution in [2.45, 2.75) is 39.3 Å². The molecule has 23 heavy (non-hydrogen) atoms. The number of pyridine rings is 1. The summed E-state index contributed by atoms with van der Waals surface area (Å²) < 4.78 is 0.586. The molecule has 1 rings (SSSR count). The molecule has 1 aromatic rings. The van der Waals surface area contributed by atoms with E-state index >= 15 is 0 Å². The first kappa shape index (κ1) is 19.1. The van der Waals surface area contributed by atoms with E-state index in [0.717, 1.165) is 5.56 Å². The number of amides is 3. The van der Waals surface area contributed by atoms with E-state index in [1.54, 1.807) is 32.2 Å². The van der Waals surface area contributed by atoms with Crippen LogP contribution in [0.4, 0.5) is 0 Å². The van der Waals surface area contributed by atoms with Gasteiger partial charge >= 0.3 is 0 Å². The van der Waals surface area contributed by atoms with Crippen molar-refractivity contribution in [3.63, 3.8) is 0 Å².